The van der Waals surface area contributed by atoms with Crippen molar-refractivity contribution in [3.8, 4) is 5.69 Å². The highest BCUT2D eigenvalue weighted by molar-refractivity contribution is 5.91. The summed E-state index contributed by atoms with van der Waals surface area (Å²) in [6.45, 7) is 2.46. The minimum Gasteiger partial charge on any atom is -0.343 e. The van der Waals surface area contributed by atoms with E-state index in [1.54, 1.807) is 31.0 Å². The third-order valence-electron chi connectivity index (χ3n) is 2.92. The second kappa shape index (κ2) is 5.24. The molecule has 0 saturated carbocycles. The Morgan fingerprint density at radius 1 is 1.37 bits per heavy atom. The van der Waals surface area contributed by atoms with Crippen LogP contribution in [0.2, 0.25) is 0 Å². The molecule has 0 saturated heterocycles. The molecule has 5 nitrogen and oxygen atoms in total. The van der Waals surface area contributed by atoms with Crippen LogP contribution in [0.4, 0.5) is 0 Å². The van der Waals surface area contributed by atoms with Gasteiger partial charge < -0.3 is 10.6 Å². The summed E-state index contributed by atoms with van der Waals surface area (Å²) in [5.41, 5.74) is 9.25. The van der Waals surface area contributed by atoms with Gasteiger partial charge in [-0.1, -0.05) is 17.7 Å². The molecule has 0 spiro atoms. The van der Waals surface area contributed by atoms with Crippen LogP contribution in [-0.2, 0) is 6.54 Å². The third kappa shape index (κ3) is 2.66. The molecule has 19 heavy (non-hydrogen) atoms. The lowest BCUT2D eigenvalue weighted by atomic mass is 10.1. The molecule has 1 aromatic heterocycles. The Bertz CT molecular complexity index is 601. The van der Waals surface area contributed by atoms with Crippen LogP contribution in [0.3, 0.4) is 0 Å². The van der Waals surface area contributed by atoms with Gasteiger partial charge in [-0.2, -0.15) is 5.10 Å². The van der Waals surface area contributed by atoms with E-state index < -0.39 is 0 Å². The molecule has 2 aromatic rings. The molecular formula is C14H18N4O. The van der Waals surface area contributed by atoms with Crippen molar-refractivity contribution < 1.29 is 4.79 Å². The number of nitrogens with zero attached hydrogens (tertiary/aromatic N) is 3. The number of amides is 1. The van der Waals surface area contributed by atoms with Crippen LogP contribution in [0.25, 0.3) is 5.69 Å². The minimum absolute atomic E-state index is 0.111. The maximum Gasteiger partial charge on any atom is 0.273 e. The molecule has 0 aliphatic rings. The van der Waals surface area contributed by atoms with Gasteiger partial charge in [0.1, 0.15) is 0 Å². The molecule has 2 rings (SSSR count). The number of carbonyl (C=O) groups excluding carboxylic acids is 1. The third-order valence-corrected chi connectivity index (χ3v) is 2.92. The molecule has 1 amide bonds. The number of hydrogen-bond donors (Lipinski definition) is 1. The van der Waals surface area contributed by atoms with E-state index in [9.17, 15) is 4.79 Å². The predicted octanol–water partition coefficient (Wildman–Crippen LogP) is 1.34. The van der Waals surface area contributed by atoms with E-state index in [1.807, 2.05) is 25.1 Å². The van der Waals surface area contributed by atoms with E-state index in [2.05, 4.69) is 5.10 Å². The smallest absolute Gasteiger partial charge is 0.273 e. The number of rotatable bonds is 3. The van der Waals surface area contributed by atoms with Gasteiger partial charge in [-0.25, -0.2) is 4.68 Å². The quantitative estimate of drug-likeness (QED) is 0.903. The molecule has 2 N–H and O–H groups in total. The van der Waals surface area contributed by atoms with Crippen molar-refractivity contribution in [3.63, 3.8) is 0 Å². The van der Waals surface area contributed by atoms with Gasteiger partial charge >= 0.3 is 0 Å². The monoisotopic (exact) mass is 258 g/mol. The zero-order valence-corrected chi connectivity index (χ0v) is 11.4. The Hall–Kier alpha value is -2.14. The molecular weight excluding hydrogens is 240 g/mol. The first-order valence-electron chi connectivity index (χ1n) is 6.10. The minimum atomic E-state index is -0.111. The molecule has 0 aliphatic heterocycles. The van der Waals surface area contributed by atoms with Crippen LogP contribution in [0, 0.1) is 6.92 Å². The lowest BCUT2D eigenvalue weighted by molar-refractivity contribution is 0.0821. The summed E-state index contributed by atoms with van der Waals surface area (Å²) in [5.74, 6) is -0.111. The highest BCUT2D eigenvalue weighted by Gasteiger charge is 2.13. The highest BCUT2D eigenvalue weighted by atomic mass is 16.2. The largest absolute Gasteiger partial charge is 0.343 e. The zero-order chi connectivity index (χ0) is 14.0. The summed E-state index contributed by atoms with van der Waals surface area (Å²) < 4.78 is 1.69. The van der Waals surface area contributed by atoms with Crippen LogP contribution in [0.15, 0.2) is 30.5 Å². The fourth-order valence-electron chi connectivity index (χ4n) is 1.90. The fraction of sp³-hybridized carbons (Fsp3) is 0.286. The first-order valence-corrected chi connectivity index (χ1v) is 6.10. The number of hydrogen-bond acceptors (Lipinski definition) is 3. The molecule has 5 heteroatoms. The van der Waals surface area contributed by atoms with Gasteiger partial charge in [0.05, 0.1) is 5.69 Å². The second-order valence-corrected chi connectivity index (χ2v) is 4.68. The van der Waals surface area contributed by atoms with Crippen molar-refractivity contribution in [1.29, 1.82) is 0 Å². The van der Waals surface area contributed by atoms with E-state index >= 15 is 0 Å². The van der Waals surface area contributed by atoms with Gasteiger partial charge in [-0.3, -0.25) is 4.79 Å². The summed E-state index contributed by atoms with van der Waals surface area (Å²) in [6.07, 6.45) is 1.78. The van der Waals surface area contributed by atoms with E-state index in [0.717, 1.165) is 16.8 Å². The Balaban J connectivity index is 2.41. The second-order valence-electron chi connectivity index (χ2n) is 4.68. The van der Waals surface area contributed by atoms with Crippen LogP contribution in [-0.4, -0.2) is 34.7 Å². The number of aryl methyl sites for hydroxylation is 1. The molecule has 1 aromatic carbocycles. The molecule has 0 bridgehead atoms. The van der Waals surface area contributed by atoms with E-state index in [1.165, 1.54) is 4.90 Å². The van der Waals surface area contributed by atoms with Crippen LogP contribution < -0.4 is 5.73 Å². The van der Waals surface area contributed by atoms with Gasteiger partial charge in [0, 0.05) is 26.8 Å². The van der Waals surface area contributed by atoms with Crippen molar-refractivity contribution in [3.05, 3.63) is 47.3 Å². The maximum atomic E-state index is 11.8. The Labute approximate surface area is 112 Å². The average Bonchev–Trinajstić information content (AvgIpc) is 2.86. The molecule has 100 valence electrons. The van der Waals surface area contributed by atoms with Gasteiger partial charge in [-0.15, -0.1) is 0 Å². The van der Waals surface area contributed by atoms with E-state index in [-0.39, 0.29) is 5.91 Å². The molecule has 0 unspecified atom stereocenters. The van der Waals surface area contributed by atoms with Crippen molar-refractivity contribution >= 4 is 5.91 Å². The normalized spacial score (nSPS) is 10.5. The van der Waals surface area contributed by atoms with E-state index in [4.69, 9.17) is 5.73 Å². The Kier molecular flexibility index (Phi) is 3.66. The van der Waals surface area contributed by atoms with Crippen molar-refractivity contribution in [2.75, 3.05) is 14.1 Å². The SMILES string of the molecule is Cc1ccc(-n2ccc(C(=O)N(C)C)n2)c(CN)c1. The van der Waals surface area contributed by atoms with Gasteiger partial charge in [0.25, 0.3) is 5.91 Å². The lowest BCUT2D eigenvalue weighted by Gasteiger charge is -2.09. The van der Waals surface area contributed by atoms with E-state index in [0.29, 0.717) is 12.2 Å². The maximum absolute atomic E-state index is 11.8. The summed E-state index contributed by atoms with van der Waals surface area (Å²) in [7, 11) is 3.41. The zero-order valence-electron chi connectivity index (χ0n) is 11.4. The summed E-state index contributed by atoms with van der Waals surface area (Å²) in [6, 6.07) is 7.71. The summed E-state index contributed by atoms with van der Waals surface area (Å²) >= 11 is 0. The Morgan fingerprint density at radius 2 is 2.11 bits per heavy atom. The number of aromatic nitrogens is 2. The van der Waals surface area contributed by atoms with Gasteiger partial charge in [0.15, 0.2) is 5.69 Å². The van der Waals surface area contributed by atoms with Crippen molar-refractivity contribution in [1.82, 2.24) is 14.7 Å². The van der Waals surface area contributed by atoms with Crippen molar-refractivity contribution in [2.24, 2.45) is 5.73 Å². The lowest BCUT2D eigenvalue weighted by Crippen LogP contribution is -2.22. The number of nitrogens with two attached hydrogens (primary N) is 1. The molecule has 0 atom stereocenters. The molecule has 1 heterocycles. The number of benzene rings is 1. The van der Waals surface area contributed by atoms with Gasteiger partial charge in [0.2, 0.25) is 0 Å². The van der Waals surface area contributed by atoms with Crippen LogP contribution >= 0.6 is 0 Å². The predicted molar refractivity (Wildman–Crippen MR) is 74.2 cm³/mol. The standard InChI is InChI=1S/C14H18N4O/c1-10-4-5-13(11(8-10)9-15)18-7-6-12(16-18)14(19)17(2)3/h4-8H,9,15H2,1-3H3. The molecule has 0 radical (unpaired) electrons. The average molecular weight is 258 g/mol. The fourth-order valence-corrected chi connectivity index (χ4v) is 1.90. The Morgan fingerprint density at radius 3 is 2.74 bits per heavy atom. The number of carbonyl (C=O) groups is 1. The highest BCUT2D eigenvalue weighted by Crippen LogP contribution is 2.16. The summed E-state index contributed by atoms with van der Waals surface area (Å²) in [5, 5.41) is 4.31. The molecule has 0 fully saturated rings. The van der Waals surface area contributed by atoms with Gasteiger partial charge in [-0.05, 0) is 24.6 Å². The van der Waals surface area contributed by atoms with Crippen LogP contribution in [0.5, 0.6) is 0 Å². The topological polar surface area (TPSA) is 64.2 Å². The first-order chi connectivity index (χ1) is 9.02. The summed E-state index contributed by atoms with van der Waals surface area (Å²) in [4.78, 5) is 13.3. The van der Waals surface area contributed by atoms with Crippen molar-refractivity contribution in [2.45, 2.75) is 13.5 Å². The van der Waals surface area contributed by atoms with Crippen LogP contribution in [0.1, 0.15) is 21.6 Å². The molecule has 0 aliphatic carbocycles. The first kappa shape index (κ1) is 13.3.